The topological polar surface area (TPSA) is 81.9 Å². The number of esters is 1. The standard InChI is InChI=1S/C14H21F3N2O5/c1-4-24-11(20)9-10(14(15,16)17)13(3,19(21)22)12(9,2)18-5-7-23-8-6-18/h9-10H,4-8H2,1-3H3/t9-,10+,12-,13-/m1/s1. The Labute approximate surface area is 137 Å². The van der Waals surface area contributed by atoms with E-state index >= 15 is 0 Å². The second-order valence-corrected chi connectivity index (χ2v) is 6.40. The van der Waals surface area contributed by atoms with Crippen LogP contribution in [0.15, 0.2) is 0 Å². The van der Waals surface area contributed by atoms with Crippen LogP contribution in [0.2, 0.25) is 0 Å². The zero-order chi connectivity index (χ0) is 18.3. The van der Waals surface area contributed by atoms with E-state index in [1.54, 1.807) is 4.90 Å². The smallest absolute Gasteiger partial charge is 0.399 e. The van der Waals surface area contributed by atoms with Crippen molar-refractivity contribution < 1.29 is 32.4 Å². The lowest BCUT2D eigenvalue weighted by atomic mass is 9.46. The third-order valence-corrected chi connectivity index (χ3v) is 5.51. The highest BCUT2D eigenvalue weighted by Gasteiger charge is 2.86. The average Bonchev–Trinajstić information content (AvgIpc) is 2.50. The maximum Gasteiger partial charge on any atom is 0.399 e. The van der Waals surface area contributed by atoms with Crippen LogP contribution in [0.1, 0.15) is 20.8 Å². The van der Waals surface area contributed by atoms with Crippen LogP contribution in [0, 0.1) is 22.0 Å². The van der Waals surface area contributed by atoms with Gasteiger partial charge in [0.2, 0.25) is 5.54 Å². The van der Waals surface area contributed by atoms with Gasteiger partial charge in [-0.2, -0.15) is 13.2 Å². The number of carbonyl (C=O) groups is 1. The largest absolute Gasteiger partial charge is 0.466 e. The minimum absolute atomic E-state index is 0.0890. The maximum absolute atomic E-state index is 13.6. The zero-order valence-corrected chi connectivity index (χ0v) is 13.8. The summed E-state index contributed by atoms with van der Waals surface area (Å²) < 4.78 is 50.7. The monoisotopic (exact) mass is 354 g/mol. The molecular formula is C14H21F3N2O5. The van der Waals surface area contributed by atoms with Crippen LogP contribution in [0.25, 0.3) is 0 Å². The van der Waals surface area contributed by atoms with E-state index in [1.165, 1.54) is 13.8 Å². The molecule has 0 aromatic rings. The van der Waals surface area contributed by atoms with Gasteiger partial charge in [0.1, 0.15) is 17.4 Å². The molecule has 1 saturated carbocycles. The molecule has 138 valence electrons. The van der Waals surface area contributed by atoms with E-state index in [4.69, 9.17) is 9.47 Å². The van der Waals surface area contributed by atoms with E-state index in [0.29, 0.717) is 0 Å². The molecule has 0 bridgehead atoms. The molecule has 1 saturated heterocycles. The highest BCUT2D eigenvalue weighted by Crippen LogP contribution is 2.62. The summed E-state index contributed by atoms with van der Waals surface area (Å²) in [6.07, 6.45) is -4.88. The fourth-order valence-electron chi connectivity index (χ4n) is 4.13. The van der Waals surface area contributed by atoms with E-state index in [1.807, 2.05) is 0 Å². The number of hydrogen-bond acceptors (Lipinski definition) is 6. The Morgan fingerprint density at radius 2 is 1.92 bits per heavy atom. The van der Waals surface area contributed by atoms with Crippen molar-refractivity contribution in [2.45, 2.75) is 38.0 Å². The summed E-state index contributed by atoms with van der Waals surface area (Å²) in [5.74, 6) is -5.09. The summed E-state index contributed by atoms with van der Waals surface area (Å²) in [5.41, 5.74) is -3.95. The molecule has 0 amide bonds. The van der Waals surface area contributed by atoms with Crippen molar-refractivity contribution in [3.8, 4) is 0 Å². The van der Waals surface area contributed by atoms with Crippen LogP contribution < -0.4 is 0 Å². The van der Waals surface area contributed by atoms with Crippen molar-refractivity contribution in [3.05, 3.63) is 10.1 Å². The van der Waals surface area contributed by atoms with Crippen LogP contribution in [-0.4, -0.2) is 66.0 Å². The molecule has 1 aliphatic heterocycles. The molecule has 1 heterocycles. The van der Waals surface area contributed by atoms with Crippen LogP contribution in [-0.2, 0) is 14.3 Å². The first-order valence-corrected chi connectivity index (χ1v) is 7.73. The summed E-state index contributed by atoms with van der Waals surface area (Å²) >= 11 is 0. The first-order chi connectivity index (χ1) is 11.0. The van der Waals surface area contributed by atoms with E-state index < -0.39 is 40.0 Å². The Morgan fingerprint density at radius 1 is 1.38 bits per heavy atom. The van der Waals surface area contributed by atoms with Gasteiger partial charge in [0.25, 0.3) is 0 Å². The fourth-order valence-corrected chi connectivity index (χ4v) is 4.13. The molecule has 2 aliphatic rings. The summed E-state index contributed by atoms with van der Waals surface area (Å²) in [6, 6.07) is 0. The highest BCUT2D eigenvalue weighted by molar-refractivity contribution is 5.77. The third kappa shape index (κ3) is 2.46. The fraction of sp³-hybridized carbons (Fsp3) is 0.929. The van der Waals surface area contributed by atoms with Crippen molar-refractivity contribution in [2.75, 3.05) is 32.9 Å². The number of halogens is 3. The maximum atomic E-state index is 13.6. The van der Waals surface area contributed by atoms with E-state index in [2.05, 4.69) is 0 Å². The molecule has 24 heavy (non-hydrogen) atoms. The van der Waals surface area contributed by atoms with E-state index in [0.717, 1.165) is 6.92 Å². The molecular weight excluding hydrogens is 333 g/mol. The second kappa shape index (κ2) is 6.14. The molecule has 0 aromatic carbocycles. The number of hydrogen-bond donors (Lipinski definition) is 0. The first kappa shape index (κ1) is 18.9. The molecule has 1 aliphatic carbocycles. The number of carbonyl (C=O) groups excluding carboxylic acids is 1. The van der Waals surface area contributed by atoms with Crippen molar-refractivity contribution >= 4 is 5.97 Å². The van der Waals surface area contributed by atoms with Gasteiger partial charge >= 0.3 is 12.1 Å². The Balaban J connectivity index is 2.53. The Morgan fingerprint density at radius 3 is 2.33 bits per heavy atom. The lowest BCUT2D eigenvalue weighted by molar-refractivity contribution is -0.635. The predicted molar refractivity (Wildman–Crippen MR) is 75.9 cm³/mol. The number of morpholine rings is 1. The molecule has 0 aromatic heterocycles. The SMILES string of the molecule is CCOC(=O)[C@H]1[C@H](C(F)(F)F)[C@@](C)([N+](=O)[O-])[C@]1(C)N1CCOCC1. The van der Waals surface area contributed by atoms with E-state index in [-0.39, 0.29) is 32.9 Å². The molecule has 2 rings (SSSR count). The number of rotatable bonds is 4. The molecule has 0 spiro atoms. The molecule has 0 unspecified atom stereocenters. The van der Waals surface area contributed by atoms with Gasteiger partial charge in [0.15, 0.2) is 0 Å². The number of nitro groups is 1. The first-order valence-electron chi connectivity index (χ1n) is 7.73. The van der Waals surface area contributed by atoms with Gasteiger partial charge in [-0.15, -0.1) is 0 Å². The minimum atomic E-state index is -4.88. The highest BCUT2D eigenvalue weighted by atomic mass is 19.4. The summed E-state index contributed by atoms with van der Waals surface area (Å²) in [5, 5.41) is 11.6. The second-order valence-electron chi connectivity index (χ2n) is 6.40. The van der Waals surface area contributed by atoms with Gasteiger partial charge in [-0.1, -0.05) is 0 Å². The lowest BCUT2D eigenvalue weighted by Crippen LogP contribution is -2.86. The van der Waals surface area contributed by atoms with Crippen molar-refractivity contribution in [3.63, 3.8) is 0 Å². The Hall–Kier alpha value is -1.42. The zero-order valence-electron chi connectivity index (χ0n) is 13.8. The molecule has 4 atom stereocenters. The lowest BCUT2D eigenvalue weighted by Gasteiger charge is -2.63. The Bertz CT molecular complexity index is 523. The van der Waals surface area contributed by atoms with Gasteiger partial charge in [-0.25, -0.2) is 0 Å². The molecule has 0 N–H and O–H groups in total. The minimum Gasteiger partial charge on any atom is -0.466 e. The van der Waals surface area contributed by atoms with Crippen LogP contribution in [0.4, 0.5) is 13.2 Å². The Kier molecular flexibility index (Phi) is 4.84. The van der Waals surface area contributed by atoms with Gasteiger partial charge < -0.3 is 9.47 Å². The van der Waals surface area contributed by atoms with Crippen molar-refractivity contribution in [2.24, 2.45) is 11.8 Å². The van der Waals surface area contributed by atoms with Gasteiger partial charge in [-0.05, 0) is 13.8 Å². The summed E-state index contributed by atoms with van der Waals surface area (Å²) in [4.78, 5) is 24.5. The van der Waals surface area contributed by atoms with Crippen LogP contribution in [0.5, 0.6) is 0 Å². The van der Waals surface area contributed by atoms with Crippen LogP contribution >= 0.6 is 0 Å². The molecule has 0 radical (unpaired) electrons. The normalized spacial score (nSPS) is 37.6. The summed E-state index contributed by atoms with van der Waals surface area (Å²) in [6.45, 7) is 4.65. The number of nitrogens with zero attached hydrogens (tertiary/aromatic N) is 2. The third-order valence-electron chi connectivity index (χ3n) is 5.51. The average molecular weight is 354 g/mol. The molecule has 7 nitrogen and oxygen atoms in total. The molecule has 10 heteroatoms. The quantitative estimate of drug-likeness (QED) is 0.432. The van der Waals surface area contributed by atoms with Crippen LogP contribution in [0.3, 0.4) is 0 Å². The summed E-state index contributed by atoms with van der Waals surface area (Å²) in [7, 11) is 0. The van der Waals surface area contributed by atoms with Crippen molar-refractivity contribution in [1.82, 2.24) is 4.90 Å². The van der Waals surface area contributed by atoms with Crippen molar-refractivity contribution in [1.29, 1.82) is 0 Å². The predicted octanol–water partition coefficient (Wildman–Crippen LogP) is 1.48. The van der Waals surface area contributed by atoms with Gasteiger partial charge in [-0.3, -0.25) is 19.8 Å². The number of alkyl halides is 3. The van der Waals surface area contributed by atoms with E-state index in [9.17, 15) is 28.1 Å². The van der Waals surface area contributed by atoms with Gasteiger partial charge in [0, 0.05) is 24.9 Å². The van der Waals surface area contributed by atoms with Gasteiger partial charge in [0.05, 0.1) is 19.8 Å². The molecule has 2 fully saturated rings. The number of ether oxygens (including phenoxy) is 2.